The van der Waals surface area contributed by atoms with Gasteiger partial charge in [-0.15, -0.1) is 5.10 Å². The lowest BCUT2D eigenvalue weighted by atomic mass is 9.93. The number of anilines is 2. The van der Waals surface area contributed by atoms with Crippen LogP contribution in [-0.4, -0.2) is 14.8 Å². The number of hydrogen-bond acceptors (Lipinski definition) is 4. The van der Waals surface area contributed by atoms with E-state index in [-0.39, 0.29) is 18.0 Å². The van der Waals surface area contributed by atoms with E-state index in [4.69, 9.17) is 17.3 Å². The van der Waals surface area contributed by atoms with E-state index < -0.39 is 0 Å². The lowest BCUT2D eigenvalue weighted by molar-refractivity contribution is 0.431. The summed E-state index contributed by atoms with van der Waals surface area (Å²) in [5.74, 6) is 0.948. The van der Waals surface area contributed by atoms with Crippen LogP contribution in [0.1, 0.15) is 35.2 Å². The highest BCUT2D eigenvalue weighted by Crippen LogP contribution is 2.39. The van der Waals surface area contributed by atoms with Gasteiger partial charge in [0.15, 0.2) is 0 Å². The van der Waals surface area contributed by atoms with Crippen LogP contribution in [0.4, 0.5) is 11.9 Å². The molecular weight excluding hydrogens is 322 g/mol. The Morgan fingerprint density at radius 3 is 2.67 bits per heavy atom. The van der Waals surface area contributed by atoms with E-state index in [2.05, 4.69) is 46.6 Å². The van der Waals surface area contributed by atoms with E-state index in [1.165, 1.54) is 11.1 Å². The number of nitrogens with two attached hydrogens (primary N) is 1. The molecular formula is C18H18ClN5. The molecule has 24 heavy (non-hydrogen) atoms. The monoisotopic (exact) mass is 339 g/mol. The average Bonchev–Trinajstić information content (AvgIpc) is 2.95. The predicted molar refractivity (Wildman–Crippen MR) is 96.2 cm³/mol. The van der Waals surface area contributed by atoms with Crippen LogP contribution >= 0.6 is 11.6 Å². The van der Waals surface area contributed by atoms with Crippen molar-refractivity contribution in [1.82, 2.24) is 14.8 Å². The highest BCUT2D eigenvalue weighted by Gasteiger charge is 2.31. The van der Waals surface area contributed by atoms with Crippen LogP contribution in [0, 0.1) is 6.92 Å². The molecule has 2 heterocycles. The Balaban J connectivity index is 1.78. The largest absolute Gasteiger partial charge is 0.366 e. The number of aryl methyl sites for hydroxylation is 1. The smallest absolute Gasteiger partial charge is 0.241 e. The Labute approximate surface area is 145 Å². The molecule has 0 saturated heterocycles. The summed E-state index contributed by atoms with van der Waals surface area (Å²) >= 11 is 6.40. The third-order valence-electron chi connectivity index (χ3n) is 4.45. The molecule has 2 aromatic carbocycles. The van der Waals surface area contributed by atoms with E-state index >= 15 is 0 Å². The maximum Gasteiger partial charge on any atom is 0.241 e. The van der Waals surface area contributed by atoms with Crippen molar-refractivity contribution in [1.29, 1.82) is 0 Å². The molecule has 0 unspecified atom stereocenters. The SMILES string of the molecule is Cc1ccc([C@@H]2C[C@@H](c3ccccc3Cl)Nc3nc(N)nn32)cc1. The predicted octanol–water partition coefficient (Wildman–Crippen LogP) is 3.97. The van der Waals surface area contributed by atoms with Crippen molar-refractivity contribution in [3.63, 3.8) is 0 Å². The van der Waals surface area contributed by atoms with Crippen LogP contribution in [0.25, 0.3) is 0 Å². The number of nitrogen functional groups attached to an aromatic ring is 1. The lowest BCUT2D eigenvalue weighted by Crippen LogP contribution is -2.28. The van der Waals surface area contributed by atoms with Crippen molar-refractivity contribution in [2.24, 2.45) is 0 Å². The van der Waals surface area contributed by atoms with Crippen LogP contribution in [0.3, 0.4) is 0 Å². The molecule has 0 saturated carbocycles. The first-order valence-electron chi connectivity index (χ1n) is 7.91. The molecule has 0 aliphatic carbocycles. The molecule has 1 aromatic heterocycles. The van der Waals surface area contributed by atoms with Crippen LogP contribution in [0.5, 0.6) is 0 Å². The molecule has 4 rings (SSSR count). The van der Waals surface area contributed by atoms with Crippen molar-refractivity contribution < 1.29 is 0 Å². The van der Waals surface area contributed by atoms with Crippen LogP contribution < -0.4 is 11.1 Å². The zero-order chi connectivity index (χ0) is 16.7. The van der Waals surface area contributed by atoms with Gasteiger partial charge in [-0.05, 0) is 30.5 Å². The minimum absolute atomic E-state index is 0.0566. The molecule has 3 aromatic rings. The summed E-state index contributed by atoms with van der Waals surface area (Å²) < 4.78 is 1.87. The van der Waals surface area contributed by atoms with E-state index in [1.54, 1.807) is 0 Å². The number of halogens is 1. The topological polar surface area (TPSA) is 68.8 Å². The van der Waals surface area contributed by atoms with E-state index in [0.717, 1.165) is 17.0 Å². The molecule has 0 amide bonds. The normalized spacial score (nSPS) is 19.6. The second-order valence-corrected chi connectivity index (χ2v) is 6.53. The minimum atomic E-state index is 0.0566. The van der Waals surface area contributed by atoms with Crippen LogP contribution in [0.15, 0.2) is 48.5 Å². The number of benzene rings is 2. The van der Waals surface area contributed by atoms with Crippen molar-refractivity contribution in [3.8, 4) is 0 Å². The highest BCUT2D eigenvalue weighted by atomic mass is 35.5. The molecule has 3 N–H and O–H groups in total. The fourth-order valence-corrected chi connectivity index (χ4v) is 3.49. The molecule has 0 bridgehead atoms. The Morgan fingerprint density at radius 1 is 1.17 bits per heavy atom. The van der Waals surface area contributed by atoms with Gasteiger partial charge in [-0.1, -0.05) is 59.6 Å². The first-order chi connectivity index (χ1) is 11.6. The van der Waals surface area contributed by atoms with E-state index in [9.17, 15) is 0 Å². The summed E-state index contributed by atoms with van der Waals surface area (Å²) in [5.41, 5.74) is 9.30. The van der Waals surface area contributed by atoms with Gasteiger partial charge in [-0.2, -0.15) is 4.98 Å². The maximum atomic E-state index is 6.40. The molecule has 0 radical (unpaired) electrons. The maximum absolute atomic E-state index is 6.40. The van der Waals surface area contributed by atoms with Crippen molar-refractivity contribution in [2.75, 3.05) is 11.1 Å². The number of aromatic nitrogens is 3. The zero-order valence-electron chi connectivity index (χ0n) is 13.3. The number of rotatable bonds is 2. The average molecular weight is 340 g/mol. The van der Waals surface area contributed by atoms with Crippen molar-refractivity contribution in [2.45, 2.75) is 25.4 Å². The zero-order valence-corrected chi connectivity index (χ0v) is 14.0. The summed E-state index contributed by atoms with van der Waals surface area (Å²) in [6.45, 7) is 2.08. The number of nitrogens with one attached hydrogen (secondary N) is 1. The van der Waals surface area contributed by atoms with Crippen LogP contribution in [0.2, 0.25) is 5.02 Å². The van der Waals surface area contributed by atoms with Gasteiger partial charge >= 0.3 is 0 Å². The molecule has 0 spiro atoms. The summed E-state index contributed by atoms with van der Waals surface area (Å²) in [6, 6.07) is 16.5. The molecule has 1 aliphatic heterocycles. The second kappa shape index (κ2) is 5.83. The Hall–Kier alpha value is -2.53. The molecule has 122 valence electrons. The van der Waals surface area contributed by atoms with Gasteiger partial charge in [0.05, 0.1) is 12.1 Å². The van der Waals surface area contributed by atoms with Crippen LogP contribution in [-0.2, 0) is 0 Å². The summed E-state index contributed by atoms with van der Waals surface area (Å²) in [6.07, 6.45) is 0.822. The Morgan fingerprint density at radius 2 is 1.92 bits per heavy atom. The van der Waals surface area contributed by atoms with Gasteiger partial charge in [0, 0.05) is 5.02 Å². The summed E-state index contributed by atoms with van der Waals surface area (Å²) in [4.78, 5) is 4.33. The third kappa shape index (κ3) is 2.61. The Bertz CT molecular complexity index is 871. The molecule has 0 fully saturated rings. The molecule has 5 nitrogen and oxygen atoms in total. The van der Waals surface area contributed by atoms with E-state index in [0.29, 0.717) is 5.95 Å². The number of fused-ring (bicyclic) bond motifs is 1. The lowest BCUT2D eigenvalue weighted by Gasteiger charge is -2.32. The molecule has 2 atom stereocenters. The fourth-order valence-electron chi connectivity index (χ4n) is 3.22. The van der Waals surface area contributed by atoms with Gasteiger partial charge in [0.1, 0.15) is 0 Å². The van der Waals surface area contributed by atoms with Crippen molar-refractivity contribution in [3.05, 3.63) is 70.2 Å². The van der Waals surface area contributed by atoms with Gasteiger partial charge in [-0.25, -0.2) is 4.68 Å². The van der Waals surface area contributed by atoms with Gasteiger partial charge in [0.2, 0.25) is 11.9 Å². The Kier molecular flexibility index (Phi) is 3.65. The van der Waals surface area contributed by atoms with Gasteiger partial charge in [-0.3, -0.25) is 0 Å². The quantitative estimate of drug-likeness (QED) is 0.741. The third-order valence-corrected chi connectivity index (χ3v) is 4.79. The summed E-state index contributed by atoms with van der Waals surface area (Å²) in [5, 5.41) is 8.53. The fraction of sp³-hybridized carbons (Fsp3) is 0.222. The number of hydrogen-bond donors (Lipinski definition) is 2. The van der Waals surface area contributed by atoms with Crippen molar-refractivity contribution >= 4 is 23.5 Å². The van der Waals surface area contributed by atoms with Gasteiger partial charge < -0.3 is 11.1 Å². The summed E-state index contributed by atoms with van der Waals surface area (Å²) in [7, 11) is 0. The first kappa shape index (κ1) is 15.0. The second-order valence-electron chi connectivity index (χ2n) is 6.12. The molecule has 1 aliphatic rings. The first-order valence-corrected chi connectivity index (χ1v) is 8.29. The van der Waals surface area contributed by atoms with E-state index in [1.807, 2.05) is 28.9 Å². The number of nitrogens with zero attached hydrogens (tertiary/aromatic N) is 3. The van der Waals surface area contributed by atoms with Gasteiger partial charge in [0.25, 0.3) is 0 Å². The highest BCUT2D eigenvalue weighted by molar-refractivity contribution is 6.31. The molecule has 6 heteroatoms. The standard InChI is InChI=1S/C18H18ClN5/c1-11-6-8-12(9-7-11)16-10-15(13-4-2-3-5-14(13)19)21-18-22-17(20)23-24(16)18/h2-9,15-16H,10H2,1H3,(H3,20,21,22,23)/t15-,16-/m0/s1. The minimum Gasteiger partial charge on any atom is -0.366 e.